The van der Waals surface area contributed by atoms with Gasteiger partial charge in [-0.3, -0.25) is 0 Å². The monoisotopic (exact) mass is 290 g/mol. The fourth-order valence-electron chi connectivity index (χ4n) is 2.42. The van der Waals surface area contributed by atoms with Gasteiger partial charge in [0.1, 0.15) is 0 Å². The van der Waals surface area contributed by atoms with E-state index >= 15 is 0 Å². The summed E-state index contributed by atoms with van der Waals surface area (Å²) in [6, 6.07) is 8.49. The summed E-state index contributed by atoms with van der Waals surface area (Å²) in [5.74, 6) is 0. The molecule has 2 aliphatic heterocycles. The minimum Gasteiger partial charge on any atom is -0.377 e. The number of anilines is 1. The summed E-state index contributed by atoms with van der Waals surface area (Å²) in [5.41, 5.74) is 2.44. The van der Waals surface area contributed by atoms with Crippen LogP contribution in [-0.2, 0) is 4.74 Å². The molecular weight excluding hydrogens is 272 g/mol. The van der Waals surface area contributed by atoms with E-state index in [2.05, 4.69) is 34.5 Å². The molecule has 0 bridgehead atoms. The number of halogens is 1. The molecule has 0 saturated carbocycles. The van der Waals surface area contributed by atoms with Crippen molar-refractivity contribution in [1.82, 2.24) is 5.32 Å². The van der Waals surface area contributed by atoms with E-state index in [1.165, 1.54) is 11.4 Å². The van der Waals surface area contributed by atoms with Crippen molar-refractivity contribution in [2.75, 3.05) is 24.7 Å². The molecule has 1 saturated heterocycles. The Labute approximate surface area is 124 Å². The van der Waals surface area contributed by atoms with Crippen LogP contribution in [0.3, 0.4) is 0 Å². The molecule has 0 radical (unpaired) electrons. The number of rotatable bonds is 4. The Morgan fingerprint density at radius 2 is 2.00 bits per heavy atom. The summed E-state index contributed by atoms with van der Waals surface area (Å²) >= 11 is 5.98. The predicted molar refractivity (Wildman–Crippen MR) is 83.0 cm³/mol. The first kappa shape index (κ1) is 13.5. The van der Waals surface area contributed by atoms with Crippen molar-refractivity contribution in [3.05, 3.63) is 53.3 Å². The molecule has 3 rings (SSSR count). The first-order chi connectivity index (χ1) is 9.83. The predicted octanol–water partition coefficient (Wildman–Crippen LogP) is 3.33. The molecular formula is C16H19ClN2O. The van der Waals surface area contributed by atoms with Crippen LogP contribution in [0.2, 0.25) is 5.02 Å². The molecule has 0 amide bonds. The molecule has 1 N–H and O–H groups in total. The van der Waals surface area contributed by atoms with Crippen LogP contribution in [0.25, 0.3) is 0 Å². The number of nitrogens with zero attached hydrogens (tertiary/aromatic N) is 1. The van der Waals surface area contributed by atoms with Gasteiger partial charge in [-0.15, -0.1) is 0 Å². The van der Waals surface area contributed by atoms with Crippen molar-refractivity contribution in [3.63, 3.8) is 0 Å². The van der Waals surface area contributed by atoms with Crippen LogP contribution >= 0.6 is 11.6 Å². The molecule has 0 unspecified atom stereocenters. The second-order valence-corrected chi connectivity index (χ2v) is 5.59. The number of benzene rings is 1. The normalized spacial score (nSPS) is 18.8. The van der Waals surface area contributed by atoms with Gasteiger partial charge < -0.3 is 15.0 Å². The molecule has 1 aromatic rings. The van der Waals surface area contributed by atoms with Crippen LogP contribution in [0.15, 0.2) is 48.3 Å². The first-order valence-corrected chi connectivity index (χ1v) is 7.41. The molecule has 0 spiro atoms. The zero-order chi connectivity index (χ0) is 13.8. The molecule has 20 heavy (non-hydrogen) atoms. The maximum absolute atomic E-state index is 5.98. The highest BCUT2D eigenvalue weighted by Crippen LogP contribution is 2.24. The second kappa shape index (κ2) is 6.33. The lowest BCUT2D eigenvalue weighted by Gasteiger charge is -2.39. The lowest BCUT2D eigenvalue weighted by atomic mass is 10.1. The van der Waals surface area contributed by atoms with Gasteiger partial charge in [-0.1, -0.05) is 23.8 Å². The summed E-state index contributed by atoms with van der Waals surface area (Å²) in [4.78, 5) is 2.39. The van der Waals surface area contributed by atoms with Gasteiger partial charge >= 0.3 is 0 Å². The first-order valence-electron chi connectivity index (χ1n) is 7.03. The Kier molecular flexibility index (Phi) is 4.28. The molecule has 4 heteroatoms. The maximum atomic E-state index is 5.98. The zero-order valence-electron chi connectivity index (χ0n) is 11.4. The smallest absolute Gasteiger partial charge is 0.0761 e. The van der Waals surface area contributed by atoms with Crippen LogP contribution < -0.4 is 10.2 Å². The number of ether oxygens (including phenoxy) is 1. The second-order valence-electron chi connectivity index (χ2n) is 5.15. The molecule has 3 nitrogen and oxygen atoms in total. The van der Waals surface area contributed by atoms with Crippen molar-refractivity contribution >= 4 is 17.3 Å². The van der Waals surface area contributed by atoms with Gasteiger partial charge in [-0.05, 0) is 43.3 Å². The molecule has 1 aromatic carbocycles. The summed E-state index contributed by atoms with van der Waals surface area (Å²) < 4.78 is 5.35. The zero-order valence-corrected chi connectivity index (χ0v) is 12.1. The van der Waals surface area contributed by atoms with E-state index in [1.807, 2.05) is 18.3 Å². The van der Waals surface area contributed by atoms with Crippen LogP contribution in [0.4, 0.5) is 5.69 Å². The van der Waals surface area contributed by atoms with E-state index in [-0.39, 0.29) is 0 Å². The third-order valence-electron chi connectivity index (χ3n) is 3.67. The van der Waals surface area contributed by atoms with Crippen LogP contribution in [0.5, 0.6) is 0 Å². The third kappa shape index (κ3) is 3.17. The van der Waals surface area contributed by atoms with E-state index in [0.29, 0.717) is 6.04 Å². The average molecular weight is 291 g/mol. The van der Waals surface area contributed by atoms with E-state index in [9.17, 15) is 0 Å². The quantitative estimate of drug-likeness (QED) is 0.920. The highest BCUT2D eigenvalue weighted by molar-refractivity contribution is 6.30. The molecule has 0 aromatic heterocycles. The van der Waals surface area contributed by atoms with Crippen molar-refractivity contribution in [2.45, 2.75) is 18.9 Å². The summed E-state index contributed by atoms with van der Waals surface area (Å²) in [6.45, 7) is 2.47. The number of nitrogens with one attached hydrogen (secondary N) is 1. The van der Waals surface area contributed by atoms with Gasteiger partial charge in [0.2, 0.25) is 0 Å². The SMILES string of the molecule is Clc1ccc(N(CC2=CCCC=CN2)C2COC2)cc1. The van der Waals surface area contributed by atoms with Crippen molar-refractivity contribution in [2.24, 2.45) is 0 Å². The Morgan fingerprint density at radius 3 is 2.70 bits per heavy atom. The molecule has 0 atom stereocenters. The lowest BCUT2D eigenvalue weighted by Crippen LogP contribution is -2.50. The molecule has 0 aliphatic carbocycles. The van der Waals surface area contributed by atoms with E-state index < -0.39 is 0 Å². The van der Waals surface area contributed by atoms with E-state index in [4.69, 9.17) is 16.3 Å². The standard InChI is InChI=1S/C16H19ClN2O/c17-13-5-7-15(8-6-13)19(16-11-20-12-16)10-14-4-2-1-3-9-18-14/h3-9,16,18H,1-2,10-12H2. The van der Waals surface area contributed by atoms with E-state index in [0.717, 1.165) is 37.6 Å². The Morgan fingerprint density at radius 1 is 1.20 bits per heavy atom. The Bertz CT molecular complexity index is 506. The van der Waals surface area contributed by atoms with Crippen LogP contribution in [0, 0.1) is 0 Å². The highest BCUT2D eigenvalue weighted by atomic mass is 35.5. The number of hydrogen-bond donors (Lipinski definition) is 1. The molecule has 2 heterocycles. The van der Waals surface area contributed by atoms with E-state index in [1.54, 1.807) is 0 Å². The lowest BCUT2D eigenvalue weighted by molar-refractivity contribution is 0.00870. The summed E-state index contributed by atoms with van der Waals surface area (Å²) in [5, 5.41) is 4.14. The summed E-state index contributed by atoms with van der Waals surface area (Å²) in [7, 11) is 0. The average Bonchev–Trinajstić information content (AvgIpc) is 2.65. The van der Waals surface area contributed by atoms with Gasteiger partial charge in [0.25, 0.3) is 0 Å². The summed E-state index contributed by atoms with van der Waals surface area (Å²) in [6.07, 6.45) is 8.68. The molecule has 1 fully saturated rings. The molecule has 2 aliphatic rings. The highest BCUT2D eigenvalue weighted by Gasteiger charge is 2.26. The fourth-order valence-corrected chi connectivity index (χ4v) is 2.55. The number of allylic oxidation sites excluding steroid dienone is 2. The molecule has 106 valence electrons. The van der Waals surface area contributed by atoms with Gasteiger partial charge in [-0.2, -0.15) is 0 Å². The van der Waals surface area contributed by atoms with Gasteiger partial charge in [0.15, 0.2) is 0 Å². The minimum absolute atomic E-state index is 0.450. The van der Waals surface area contributed by atoms with Crippen molar-refractivity contribution in [3.8, 4) is 0 Å². The minimum atomic E-state index is 0.450. The van der Waals surface area contributed by atoms with Crippen molar-refractivity contribution in [1.29, 1.82) is 0 Å². The largest absolute Gasteiger partial charge is 0.377 e. The Hall–Kier alpha value is -1.45. The van der Waals surface area contributed by atoms with Gasteiger partial charge in [0, 0.05) is 16.4 Å². The van der Waals surface area contributed by atoms with Crippen LogP contribution in [-0.4, -0.2) is 25.8 Å². The van der Waals surface area contributed by atoms with Gasteiger partial charge in [0.05, 0.1) is 25.8 Å². The Balaban J connectivity index is 1.77. The topological polar surface area (TPSA) is 24.5 Å². The maximum Gasteiger partial charge on any atom is 0.0761 e. The third-order valence-corrected chi connectivity index (χ3v) is 3.92. The fraction of sp³-hybridized carbons (Fsp3) is 0.375. The van der Waals surface area contributed by atoms with Crippen molar-refractivity contribution < 1.29 is 4.74 Å². The van der Waals surface area contributed by atoms with Crippen LogP contribution in [0.1, 0.15) is 12.8 Å². The van der Waals surface area contributed by atoms with Gasteiger partial charge in [-0.25, -0.2) is 0 Å². The number of hydrogen-bond acceptors (Lipinski definition) is 3.